The monoisotopic (exact) mass is 272 g/mol. The fraction of sp³-hybridized carbons (Fsp3) is 0.333. The number of rotatable bonds is 3. The maximum absolute atomic E-state index is 11.9. The number of nitrogens with one attached hydrogen (secondary N) is 1. The third-order valence-electron chi connectivity index (χ3n) is 3.74. The van der Waals surface area contributed by atoms with Gasteiger partial charge in [-0.25, -0.2) is 0 Å². The Bertz CT molecular complexity index is 662. The first-order chi connectivity index (χ1) is 9.67. The van der Waals surface area contributed by atoms with Crippen LogP contribution in [0.25, 0.3) is 10.9 Å². The number of carbonyl (C=O) groups excluding carboxylic acids is 2. The van der Waals surface area contributed by atoms with Gasteiger partial charge in [-0.15, -0.1) is 0 Å². The minimum Gasteiger partial charge on any atom is -0.469 e. The van der Waals surface area contributed by atoms with E-state index in [4.69, 9.17) is 4.74 Å². The number of ether oxygens (including phenoxy) is 1. The van der Waals surface area contributed by atoms with Crippen LogP contribution in [0, 0.1) is 5.92 Å². The van der Waals surface area contributed by atoms with Gasteiger partial charge in [0.15, 0.2) is 0 Å². The van der Waals surface area contributed by atoms with Crippen LogP contribution >= 0.6 is 0 Å². The molecule has 1 unspecified atom stereocenters. The predicted octanol–water partition coefficient (Wildman–Crippen LogP) is 1.69. The molecule has 104 valence electrons. The normalized spacial score (nSPS) is 18.8. The number of H-pyrrole nitrogens is 1. The largest absolute Gasteiger partial charge is 0.469 e. The minimum absolute atomic E-state index is 0.00886. The molecule has 1 aliphatic heterocycles. The lowest BCUT2D eigenvalue weighted by molar-refractivity contribution is -0.145. The molecular formula is C15H16N2O3. The van der Waals surface area contributed by atoms with Crippen molar-refractivity contribution in [3.05, 3.63) is 36.0 Å². The van der Waals surface area contributed by atoms with Crippen molar-refractivity contribution in [3.63, 3.8) is 0 Å². The van der Waals surface area contributed by atoms with E-state index in [-0.39, 0.29) is 24.2 Å². The molecule has 1 saturated heterocycles. The van der Waals surface area contributed by atoms with Crippen LogP contribution in [-0.2, 0) is 20.9 Å². The zero-order valence-corrected chi connectivity index (χ0v) is 11.3. The van der Waals surface area contributed by atoms with Gasteiger partial charge in [0.05, 0.1) is 13.0 Å². The third-order valence-corrected chi connectivity index (χ3v) is 3.74. The van der Waals surface area contributed by atoms with E-state index in [9.17, 15) is 9.59 Å². The molecule has 1 amide bonds. The van der Waals surface area contributed by atoms with E-state index < -0.39 is 0 Å². The highest BCUT2D eigenvalue weighted by Gasteiger charge is 2.34. The highest BCUT2D eigenvalue weighted by Crippen LogP contribution is 2.22. The molecule has 1 fully saturated rings. The molecule has 5 nitrogen and oxygen atoms in total. The molecular weight excluding hydrogens is 256 g/mol. The molecule has 0 bridgehead atoms. The van der Waals surface area contributed by atoms with Crippen molar-refractivity contribution in [1.29, 1.82) is 0 Å². The van der Waals surface area contributed by atoms with Crippen molar-refractivity contribution in [1.82, 2.24) is 9.88 Å². The Morgan fingerprint density at radius 2 is 2.30 bits per heavy atom. The maximum atomic E-state index is 11.9. The molecule has 5 heteroatoms. The van der Waals surface area contributed by atoms with E-state index in [1.807, 2.05) is 24.4 Å². The van der Waals surface area contributed by atoms with Crippen molar-refractivity contribution < 1.29 is 14.3 Å². The number of amides is 1. The first kappa shape index (κ1) is 12.7. The van der Waals surface area contributed by atoms with Gasteiger partial charge in [0.2, 0.25) is 5.91 Å². The second-order valence-corrected chi connectivity index (χ2v) is 5.10. The van der Waals surface area contributed by atoms with Crippen LogP contribution in [-0.4, -0.2) is 35.4 Å². The molecule has 0 saturated carbocycles. The van der Waals surface area contributed by atoms with E-state index in [0.717, 1.165) is 16.5 Å². The molecule has 1 aromatic heterocycles. The number of nitrogens with zero attached hydrogens (tertiary/aromatic N) is 1. The number of aromatic amines is 1. The summed E-state index contributed by atoms with van der Waals surface area (Å²) in [6.45, 7) is 0.976. The van der Waals surface area contributed by atoms with E-state index in [1.54, 1.807) is 4.90 Å². The van der Waals surface area contributed by atoms with E-state index in [2.05, 4.69) is 11.1 Å². The van der Waals surface area contributed by atoms with Gasteiger partial charge in [-0.1, -0.05) is 6.07 Å². The zero-order chi connectivity index (χ0) is 14.1. The fourth-order valence-electron chi connectivity index (χ4n) is 2.67. The number of hydrogen-bond acceptors (Lipinski definition) is 3. The second-order valence-electron chi connectivity index (χ2n) is 5.10. The van der Waals surface area contributed by atoms with E-state index in [0.29, 0.717) is 13.1 Å². The summed E-state index contributed by atoms with van der Waals surface area (Å²) in [4.78, 5) is 28.3. The lowest BCUT2D eigenvalue weighted by Gasteiger charge is -2.16. The standard InChI is InChI=1S/C15H16N2O3/c1-20-15(19)12-7-14(18)17(9-12)8-10-2-3-13-11(6-10)4-5-16-13/h2-6,12,16H,7-9H2,1H3. The number of fused-ring (bicyclic) bond motifs is 1. The van der Waals surface area contributed by atoms with Crippen molar-refractivity contribution in [2.24, 2.45) is 5.92 Å². The SMILES string of the molecule is COC(=O)C1CC(=O)N(Cc2ccc3[nH]ccc3c2)C1. The summed E-state index contributed by atoms with van der Waals surface area (Å²) >= 11 is 0. The fourth-order valence-corrected chi connectivity index (χ4v) is 2.67. The first-order valence-electron chi connectivity index (χ1n) is 6.59. The van der Waals surface area contributed by atoms with Gasteiger partial charge in [0.1, 0.15) is 0 Å². The van der Waals surface area contributed by atoms with Crippen LogP contribution in [0.1, 0.15) is 12.0 Å². The van der Waals surface area contributed by atoms with Gasteiger partial charge < -0.3 is 14.6 Å². The van der Waals surface area contributed by atoms with Crippen molar-refractivity contribution in [2.75, 3.05) is 13.7 Å². The number of benzene rings is 1. The van der Waals surface area contributed by atoms with Crippen molar-refractivity contribution in [2.45, 2.75) is 13.0 Å². The summed E-state index contributed by atoms with van der Waals surface area (Å²) in [7, 11) is 1.36. The zero-order valence-electron chi connectivity index (χ0n) is 11.3. The maximum Gasteiger partial charge on any atom is 0.310 e. The number of methoxy groups -OCH3 is 1. The Morgan fingerprint density at radius 1 is 1.45 bits per heavy atom. The van der Waals surface area contributed by atoms with Crippen LogP contribution in [0.4, 0.5) is 0 Å². The van der Waals surface area contributed by atoms with Crippen LogP contribution < -0.4 is 0 Å². The van der Waals surface area contributed by atoms with Crippen LogP contribution in [0.3, 0.4) is 0 Å². The molecule has 1 aromatic carbocycles. The van der Waals surface area contributed by atoms with Gasteiger partial charge >= 0.3 is 5.97 Å². The highest BCUT2D eigenvalue weighted by molar-refractivity contribution is 5.87. The summed E-state index contributed by atoms with van der Waals surface area (Å²) in [5, 5.41) is 1.12. The van der Waals surface area contributed by atoms with Gasteiger partial charge in [-0.05, 0) is 29.1 Å². The third kappa shape index (κ3) is 2.27. The van der Waals surface area contributed by atoms with Crippen molar-refractivity contribution in [3.8, 4) is 0 Å². The lowest BCUT2D eigenvalue weighted by atomic mass is 10.1. The van der Waals surface area contributed by atoms with Crippen LogP contribution in [0.2, 0.25) is 0 Å². The average Bonchev–Trinajstić information content (AvgIpc) is 3.05. The summed E-state index contributed by atoms with van der Waals surface area (Å²) < 4.78 is 4.71. The minimum atomic E-state index is -0.330. The van der Waals surface area contributed by atoms with Crippen LogP contribution in [0.15, 0.2) is 30.5 Å². The van der Waals surface area contributed by atoms with Crippen molar-refractivity contribution >= 4 is 22.8 Å². The number of aromatic nitrogens is 1. The predicted molar refractivity (Wildman–Crippen MR) is 73.8 cm³/mol. The Hall–Kier alpha value is -2.30. The highest BCUT2D eigenvalue weighted by atomic mass is 16.5. The number of likely N-dealkylation sites (tertiary alicyclic amines) is 1. The Balaban J connectivity index is 1.74. The van der Waals surface area contributed by atoms with Gasteiger partial charge in [-0.3, -0.25) is 9.59 Å². The summed E-state index contributed by atoms with van der Waals surface area (Å²) in [5.41, 5.74) is 2.14. The second kappa shape index (κ2) is 5.00. The van der Waals surface area contributed by atoms with E-state index in [1.165, 1.54) is 7.11 Å². The van der Waals surface area contributed by atoms with Gasteiger partial charge in [-0.2, -0.15) is 0 Å². The molecule has 1 N–H and O–H groups in total. The number of carbonyl (C=O) groups is 2. The molecule has 20 heavy (non-hydrogen) atoms. The first-order valence-corrected chi connectivity index (χ1v) is 6.59. The topological polar surface area (TPSA) is 62.4 Å². The van der Waals surface area contributed by atoms with Crippen LogP contribution in [0.5, 0.6) is 0 Å². The molecule has 3 rings (SSSR count). The molecule has 2 aromatic rings. The Morgan fingerprint density at radius 3 is 3.10 bits per heavy atom. The van der Waals surface area contributed by atoms with E-state index >= 15 is 0 Å². The number of esters is 1. The molecule has 0 aliphatic carbocycles. The Kier molecular flexibility index (Phi) is 3.18. The van der Waals surface area contributed by atoms with Gasteiger partial charge in [0.25, 0.3) is 0 Å². The smallest absolute Gasteiger partial charge is 0.310 e. The molecule has 1 aliphatic rings. The molecule has 2 heterocycles. The summed E-state index contributed by atoms with van der Waals surface area (Å²) in [6, 6.07) is 8.06. The number of hydrogen-bond donors (Lipinski definition) is 1. The average molecular weight is 272 g/mol. The van der Waals surface area contributed by atoms with Gasteiger partial charge in [0, 0.05) is 31.2 Å². The summed E-state index contributed by atoms with van der Waals surface area (Å²) in [5.74, 6) is -0.625. The summed E-state index contributed by atoms with van der Waals surface area (Å²) in [6.07, 6.45) is 2.14. The quantitative estimate of drug-likeness (QED) is 0.865. The molecule has 0 radical (unpaired) electrons. The molecule has 1 atom stereocenters. The Labute approximate surface area is 116 Å². The molecule has 0 spiro atoms. The lowest BCUT2D eigenvalue weighted by Crippen LogP contribution is -2.26.